The van der Waals surface area contributed by atoms with Crippen LogP contribution in [0.15, 0.2) is 61.1 Å². The number of amides is 2. The average molecular weight is 430 g/mol. The first-order valence-corrected chi connectivity index (χ1v) is 9.50. The van der Waals surface area contributed by atoms with Crippen LogP contribution in [0.2, 0.25) is 0 Å². The Hall–Kier alpha value is -3.62. The first-order valence-electron chi connectivity index (χ1n) is 9.50. The molecule has 0 saturated carbocycles. The van der Waals surface area contributed by atoms with Crippen molar-refractivity contribution in [3.8, 4) is 5.75 Å². The maximum absolute atomic E-state index is 12.7. The number of ether oxygens (including phenoxy) is 1. The molecule has 6 nitrogen and oxygen atoms in total. The van der Waals surface area contributed by atoms with Gasteiger partial charge in [0.1, 0.15) is 12.4 Å². The number of carbonyl (C=O) groups excluding carboxylic acids is 1. The van der Waals surface area contributed by atoms with Crippen molar-refractivity contribution < 1.29 is 22.7 Å². The van der Waals surface area contributed by atoms with Crippen LogP contribution in [0, 0.1) is 6.92 Å². The molecular formula is C22H21F3N4O2. The van der Waals surface area contributed by atoms with Gasteiger partial charge in [0.05, 0.1) is 5.56 Å². The summed E-state index contributed by atoms with van der Waals surface area (Å²) in [7, 11) is 0. The molecule has 0 aliphatic carbocycles. The third-order valence-electron chi connectivity index (χ3n) is 4.38. The molecule has 3 rings (SSSR count). The largest absolute Gasteiger partial charge is 0.489 e. The number of aryl methyl sites for hydroxylation is 1. The van der Waals surface area contributed by atoms with Crippen LogP contribution in [-0.4, -0.2) is 22.5 Å². The molecule has 0 aliphatic rings. The molecule has 31 heavy (non-hydrogen) atoms. The average Bonchev–Trinajstić information content (AvgIpc) is 2.74. The Morgan fingerprint density at radius 2 is 1.97 bits per heavy atom. The Morgan fingerprint density at radius 1 is 1.13 bits per heavy atom. The minimum absolute atomic E-state index is 0.144. The van der Waals surface area contributed by atoms with Crippen LogP contribution in [0.5, 0.6) is 5.75 Å². The van der Waals surface area contributed by atoms with E-state index in [-0.39, 0.29) is 18.7 Å². The fourth-order valence-electron chi connectivity index (χ4n) is 2.78. The number of benzene rings is 1. The van der Waals surface area contributed by atoms with Crippen LogP contribution in [0.25, 0.3) is 0 Å². The number of urea groups is 1. The molecule has 0 radical (unpaired) electrons. The fraction of sp³-hybridized carbons (Fsp3) is 0.227. The number of hydrogen-bond acceptors (Lipinski definition) is 4. The van der Waals surface area contributed by atoms with Gasteiger partial charge in [-0.1, -0.05) is 6.07 Å². The molecule has 0 atom stereocenters. The third kappa shape index (κ3) is 6.70. The monoisotopic (exact) mass is 430 g/mol. The minimum atomic E-state index is -4.42. The van der Waals surface area contributed by atoms with Crippen LogP contribution in [0.4, 0.5) is 23.7 Å². The van der Waals surface area contributed by atoms with E-state index >= 15 is 0 Å². The van der Waals surface area contributed by atoms with E-state index in [4.69, 9.17) is 4.74 Å². The molecule has 162 valence electrons. The van der Waals surface area contributed by atoms with E-state index in [9.17, 15) is 18.0 Å². The number of pyridine rings is 2. The summed E-state index contributed by atoms with van der Waals surface area (Å²) in [6.07, 6.45) is 0.280. The number of carbonyl (C=O) groups is 1. The summed E-state index contributed by atoms with van der Waals surface area (Å²) >= 11 is 0. The van der Waals surface area contributed by atoms with Crippen molar-refractivity contribution in [2.45, 2.75) is 26.1 Å². The zero-order chi connectivity index (χ0) is 22.3. The lowest BCUT2D eigenvalue weighted by Gasteiger charge is -2.12. The number of halogens is 3. The standard InChI is InChI=1S/C22H21F3N4O2/c1-15-11-19(31-14-16-3-2-8-26-13-16)4-5-20(15)29-21(30)28-10-7-18-12-17(6-9-27-18)22(23,24)25/h2-6,8-9,11-13H,7,10,14H2,1H3,(H2,28,29,30). The molecule has 2 heterocycles. The molecule has 2 amide bonds. The number of anilines is 1. The van der Waals surface area contributed by atoms with E-state index in [1.807, 2.05) is 19.1 Å². The topological polar surface area (TPSA) is 76.1 Å². The molecule has 9 heteroatoms. The van der Waals surface area contributed by atoms with E-state index in [0.29, 0.717) is 18.0 Å². The lowest BCUT2D eigenvalue weighted by Crippen LogP contribution is -2.30. The van der Waals surface area contributed by atoms with Crippen molar-refractivity contribution >= 4 is 11.7 Å². The Labute approximate surface area is 177 Å². The van der Waals surface area contributed by atoms with E-state index in [0.717, 1.165) is 29.5 Å². The Kier molecular flexibility index (Phi) is 7.07. The second-order valence-corrected chi connectivity index (χ2v) is 6.79. The molecule has 3 aromatic rings. The highest BCUT2D eigenvalue weighted by Crippen LogP contribution is 2.29. The van der Waals surface area contributed by atoms with Crippen molar-refractivity contribution in [1.82, 2.24) is 15.3 Å². The number of nitrogens with one attached hydrogen (secondary N) is 2. The number of alkyl halides is 3. The highest BCUT2D eigenvalue weighted by molar-refractivity contribution is 5.90. The molecule has 0 spiro atoms. The summed E-state index contributed by atoms with van der Waals surface area (Å²) in [5.74, 6) is 0.655. The smallest absolute Gasteiger partial charge is 0.416 e. The fourth-order valence-corrected chi connectivity index (χ4v) is 2.78. The minimum Gasteiger partial charge on any atom is -0.489 e. The zero-order valence-electron chi connectivity index (χ0n) is 16.7. The Balaban J connectivity index is 1.48. The van der Waals surface area contributed by atoms with Gasteiger partial charge in [-0.2, -0.15) is 13.2 Å². The van der Waals surface area contributed by atoms with Gasteiger partial charge in [0, 0.05) is 48.5 Å². The highest BCUT2D eigenvalue weighted by Gasteiger charge is 2.30. The van der Waals surface area contributed by atoms with Gasteiger partial charge in [-0.3, -0.25) is 9.97 Å². The number of nitrogens with zero attached hydrogens (tertiary/aromatic N) is 2. The maximum atomic E-state index is 12.7. The number of aromatic nitrogens is 2. The van der Waals surface area contributed by atoms with E-state index < -0.39 is 17.8 Å². The van der Waals surface area contributed by atoms with Crippen LogP contribution < -0.4 is 15.4 Å². The van der Waals surface area contributed by atoms with Crippen molar-refractivity contribution in [3.05, 3.63) is 83.4 Å². The second kappa shape index (κ2) is 9.92. The normalized spacial score (nSPS) is 11.1. The van der Waals surface area contributed by atoms with Crippen LogP contribution in [-0.2, 0) is 19.2 Å². The summed E-state index contributed by atoms with van der Waals surface area (Å²) in [5, 5.41) is 5.33. The number of hydrogen-bond donors (Lipinski definition) is 2. The van der Waals surface area contributed by atoms with Gasteiger partial charge in [0.2, 0.25) is 0 Å². The van der Waals surface area contributed by atoms with Crippen molar-refractivity contribution in [3.63, 3.8) is 0 Å². The van der Waals surface area contributed by atoms with Crippen LogP contribution in [0.1, 0.15) is 22.4 Å². The quantitative estimate of drug-likeness (QED) is 0.567. The third-order valence-corrected chi connectivity index (χ3v) is 4.38. The molecule has 2 N–H and O–H groups in total. The highest BCUT2D eigenvalue weighted by atomic mass is 19.4. The summed E-state index contributed by atoms with van der Waals surface area (Å²) in [5.41, 5.74) is 1.84. The van der Waals surface area contributed by atoms with E-state index in [1.165, 1.54) is 0 Å². The molecular weight excluding hydrogens is 409 g/mol. The summed E-state index contributed by atoms with van der Waals surface area (Å²) in [6, 6.07) is 10.4. The SMILES string of the molecule is Cc1cc(OCc2cccnc2)ccc1NC(=O)NCCc1cc(C(F)(F)F)ccn1. The van der Waals surface area contributed by atoms with Gasteiger partial charge in [-0.25, -0.2) is 4.79 Å². The first kappa shape index (κ1) is 22.1. The molecule has 1 aromatic carbocycles. The summed E-state index contributed by atoms with van der Waals surface area (Å²) in [6.45, 7) is 2.36. The van der Waals surface area contributed by atoms with Gasteiger partial charge in [-0.05, 0) is 48.9 Å². The van der Waals surface area contributed by atoms with Gasteiger partial charge in [0.25, 0.3) is 0 Å². The maximum Gasteiger partial charge on any atom is 0.416 e. The molecule has 0 fully saturated rings. The summed E-state index contributed by atoms with van der Waals surface area (Å²) < 4.78 is 44.0. The van der Waals surface area contributed by atoms with E-state index in [2.05, 4.69) is 20.6 Å². The van der Waals surface area contributed by atoms with Gasteiger partial charge < -0.3 is 15.4 Å². The molecule has 0 saturated heterocycles. The molecule has 0 aliphatic heterocycles. The lowest BCUT2D eigenvalue weighted by atomic mass is 10.2. The molecule has 0 unspecified atom stereocenters. The number of rotatable bonds is 7. The van der Waals surface area contributed by atoms with Crippen molar-refractivity contribution in [2.75, 3.05) is 11.9 Å². The molecule has 0 bridgehead atoms. The second-order valence-electron chi connectivity index (χ2n) is 6.79. The van der Waals surface area contributed by atoms with Crippen LogP contribution >= 0.6 is 0 Å². The lowest BCUT2D eigenvalue weighted by molar-refractivity contribution is -0.137. The van der Waals surface area contributed by atoms with Crippen LogP contribution in [0.3, 0.4) is 0 Å². The Morgan fingerprint density at radius 3 is 2.68 bits per heavy atom. The predicted octanol–water partition coefficient (Wildman–Crippen LogP) is 4.75. The van der Waals surface area contributed by atoms with Crippen molar-refractivity contribution in [2.24, 2.45) is 0 Å². The van der Waals surface area contributed by atoms with E-state index in [1.54, 1.807) is 30.6 Å². The molecule has 2 aromatic heterocycles. The zero-order valence-corrected chi connectivity index (χ0v) is 16.7. The van der Waals surface area contributed by atoms with Gasteiger partial charge in [-0.15, -0.1) is 0 Å². The van der Waals surface area contributed by atoms with Gasteiger partial charge >= 0.3 is 12.2 Å². The van der Waals surface area contributed by atoms with Crippen molar-refractivity contribution in [1.29, 1.82) is 0 Å². The Bertz CT molecular complexity index is 1030. The first-order chi connectivity index (χ1) is 14.8. The van der Waals surface area contributed by atoms with Gasteiger partial charge in [0.15, 0.2) is 0 Å². The predicted molar refractivity (Wildman–Crippen MR) is 110 cm³/mol. The summed E-state index contributed by atoms with van der Waals surface area (Å²) in [4.78, 5) is 20.1.